The van der Waals surface area contributed by atoms with Crippen molar-refractivity contribution in [2.24, 2.45) is 0 Å². The van der Waals surface area contributed by atoms with Crippen LogP contribution in [0.5, 0.6) is 0 Å². The fraction of sp³-hybridized carbons (Fsp3) is 0.571. The number of nitrogens with zero attached hydrogens (tertiary/aromatic N) is 3. The second kappa shape index (κ2) is 9.57. The fourth-order valence-corrected chi connectivity index (χ4v) is 5.75. The molecule has 2 aromatic heterocycles. The lowest BCUT2D eigenvalue weighted by Gasteiger charge is -2.35. The van der Waals surface area contributed by atoms with Gasteiger partial charge in [-0.25, -0.2) is 4.98 Å². The number of aryl methyl sites for hydroxylation is 1. The van der Waals surface area contributed by atoms with Gasteiger partial charge in [-0.3, -0.25) is 4.98 Å². The van der Waals surface area contributed by atoms with Gasteiger partial charge in [-0.05, 0) is 93.0 Å². The molecule has 5 rings (SSSR count). The van der Waals surface area contributed by atoms with Gasteiger partial charge in [0, 0.05) is 30.0 Å². The summed E-state index contributed by atoms with van der Waals surface area (Å²) in [6, 6.07) is 8.29. The van der Waals surface area contributed by atoms with E-state index in [9.17, 15) is 13.2 Å². The Bertz CT molecular complexity index is 1160. The minimum absolute atomic E-state index is 0.140. The van der Waals surface area contributed by atoms with E-state index < -0.39 is 11.7 Å². The van der Waals surface area contributed by atoms with Crippen LogP contribution in [0.3, 0.4) is 0 Å². The second-order valence-electron chi connectivity index (χ2n) is 10.9. The maximum Gasteiger partial charge on any atom is 0.418 e. The van der Waals surface area contributed by atoms with Crippen LogP contribution < -0.4 is 5.32 Å². The molecule has 4 nitrogen and oxygen atoms in total. The first-order valence-corrected chi connectivity index (χ1v) is 13.0. The lowest BCUT2D eigenvalue weighted by atomic mass is 9.82. The molecule has 0 spiro atoms. The highest BCUT2D eigenvalue weighted by Crippen LogP contribution is 2.40. The summed E-state index contributed by atoms with van der Waals surface area (Å²) in [5.74, 6) is 0.819. The number of rotatable bonds is 6. The third-order valence-corrected chi connectivity index (χ3v) is 7.88. The molecule has 1 N–H and O–H groups in total. The standard InChI is InChI=1S/C28H35F3N4/c1-17(2)25-10-8-20(15-32-25)21-11-18(3)34-22(14-21)9-7-19-12-24(28(29,30)31)27-26(13-19)33-16-35(27)23-5-4-6-23/h8,10,12-13,15-18,21-23,34H,4-7,9,11,14H2,1-3H3. The summed E-state index contributed by atoms with van der Waals surface area (Å²) in [5.41, 5.74) is 3.23. The number of alkyl halides is 3. The van der Waals surface area contributed by atoms with Gasteiger partial charge < -0.3 is 9.88 Å². The Labute approximate surface area is 205 Å². The van der Waals surface area contributed by atoms with E-state index in [2.05, 4.69) is 48.2 Å². The van der Waals surface area contributed by atoms with E-state index in [1.165, 1.54) is 11.6 Å². The largest absolute Gasteiger partial charge is 0.418 e. The molecule has 1 saturated carbocycles. The molecule has 35 heavy (non-hydrogen) atoms. The molecule has 2 fully saturated rings. The van der Waals surface area contributed by atoms with Crippen molar-refractivity contribution < 1.29 is 13.2 Å². The second-order valence-corrected chi connectivity index (χ2v) is 10.9. The third kappa shape index (κ3) is 5.11. The van der Waals surface area contributed by atoms with Gasteiger partial charge in [-0.2, -0.15) is 13.2 Å². The summed E-state index contributed by atoms with van der Waals surface area (Å²) >= 11 is 0. The molecule has 1 aliphatic carbocycles. The number of benzene rings is 1. The van der Waals surface area contributed by atoms with E-state index >= 15 is 0 Å². The number of imidazole rings is 1. The number of piperidine rings is 1. The van der Waals surface area contributed by atoms with Crippen LogP contribution in [0.15, 0.2) is 36.8 Å². The molecule has 7 heteroatoms. The van der Waals surface area contributed by atoms with Gasteiger partial charge in [0.1, 0.15) is 0 Å². The van der Waals surface area contributed by atoms with Gasteiger partial charge in [0.05, 0.1) is 22.9 Å². The van der Waals surface area contributed by atoms with Crippen molar-refractivity contribution in [2.45, 2.75) is 102 Å². The number of hydrogen-bond donors (Lipinski definition) is 1. The van der Waals surface area contributed by atoms with E-state index in [4.69, 9.17) is 0 Å². The highest BCUT2D eigenvalue weighted by atomic mass is 19.4. The minimum Gasteiger partial charge on any atom is -0.327 e. The Balaban J connectivity index is 1.33. The molecule has 0 amide bonds. The van der Waals surface area contributed by atoms with Gasteiger partial charge in [-0.1, -0.05) is 19.9 Å². The van der Waals surface area contributed by atoms with Crippen LogP contribution in [-0.4, -0.2) is 26.6 Å². The van der Waals surface area contributed by atoms with E-state index in [0.29, 0.717) is 35.4 Å². The van der Waals surface area contributed by atoms with Crippen molar-refractivity contribution in [3.05, 3.63) is 59.2 Å². The molecular formula is C28H35F3N4. The molecule has 1 aliphatic heterocycles. The first kappa shape index (κ1) is 24.3. The zero-order valence-corrected chi connectivity index (χ0v) is 20.8. The minimum atomic E-state index is -4.40. The van der Waals surface area contributed by atoms with Crippen molar-refractivity contribution in [3.63, 3.8) is 0 Å². The summed E-state index contributed by atoms with van der Waals surface area (Å²) in [4.78, 5) is 9.02. The molecule has 0 bridgehead atoms. The van der Waals surface area contributed by atoms with Crippen molar-refractivity contribution >= 4 is 11.0 Å². The van der Waals surface area contributed by atoms with Gasteiger partial charge >= 0.3 is 6.18 Å². The molecule has 3 atom stereocenters. The summed E-state index contributed by atoms with van der Waals surface area (Å²) in [6.45, 7) is 6.48. The van der Waals surface area contributed by atoms with Crippen molar-refractivity contribution in [1.29, 1.82) is 0 Å². The summed E-state index contributed by atoms with van der Waals surface area (Å²) in [7, 11) is 0. The number of aromatic nitrogens is 3. The quantitative estimate of drug-likeness (QED) is 0.404. The maximum absolute atomic E-state index is 14.0. The van der Waals surface area contributed by atoms with Crippen LogP contribution in [-0.2, 0) is 12.6 Å². The highest BCUT2D eigenvalue weighted by molar-refractivity contribution is 5.81. The van der Waals surface area contributed by atoms with Crippen molar-refractivity contribution in [1.82, 2.24) is 19.9 Å². The number of pyridine rings is 1. The SMILES string of the molecule is CC1CC(c2ccc(C(C)C)nc2)CC(CCc2cc(C(F)(F)F)c3c(c2)ncn3C2CCC2)N1. The molecule has 3 unspecified atom stereocenters. The van der Waals surface area contributed by atoms with E-state index in [0.717, 1.165) is 44.2 Å². The van der Waals surface area contributed by atoms with E-state index in [-0.39, 0.29) is 17.6 Å². The van der Waals surface area contributed by atoms with Crippen LogP contribution in [0.4, 0.5) is 13.2 Å². The average molecular weight is 485 g/mol. The van der Waals surface area contributed by atoms with Gasteiger partial charge in [0.15, 0.2) is 0 Å². The van der Waals surface area contributed by atoms with Gasteiger partial charge in [0.2, 0.25) is 0 Å². The predicted octanol–water partition coefficient (Wildman–Crippen LogP) is 7.16. The average Bonchev–Trinajstić information content (AvgIpc) is 3.18. The maximum atomic E-state index is 14.0. The molecule has 3 aromatic rings. The third-order valence-electron chi connectivity index (χ3n) is 7.88. The van der Waals surface area contributed by atoms with E-state index in [1.807, 2.05) is 12.3 Å². The Hall–Kier alpha value is -2.41. The first-order valence-electron chi connectivity index (χ1n) is 13.0. The molecular weight excluding hydrogens is 449 g/mol. The first-order chi connectivity index (χ1) is 16.7. The number of hydrogen-bond acceptors (Lipinski definition) is 3. The molecule has 2 aliphatic rings. The fourth-order valence-electron chi connectivity index (χ4n) is 5.75. The number of halogens is 3. The summed E-state index contributed by atoms with van der Waals surface area (Å²) < 4.78 is 43.9. The molecule has 3 heterocycles. The van der Waals surface area contributed by atoms with Crippen LogP contribution in [0.25, 0.3) is 11.0 Å². The normalized spacial score (nSPS) is 23.7. The molecule has 1 aromatic carbocycles. The smallest absolute Gasteiger partial charge is 0.327 e. The highest BCUT2D eigenvalue weighted by Gasteiger charge is 2.36. The Morgan fingerprint density at radius 2 is 1.91 bits per heavy atom. The van der Waals surface area contributed by atoms with Gasteiger partial charge in [-0.15, -0.1) is 0 Å². The topological polar surface area (TPSA) is 42.7 Å². The lowest BCUT2D eigenvalue weighted by Crippen LogP contribution is -2.43. The predicted molar refractivity (Wildman–Crippen MR) is 133 cm³/mol. The Morgan fingerprint density at radius 1 is 1.11 bits per heavy atom. The van der Waals surface area contributed by atoms with Crippen LogP contribution in [0.1, 0.15) is 99.6 Å². The zero-order chi connectivity index (χ0) is 24.7. The number of fused-ring (bicyclic) bond motifs is 1. The summed E-state index contributed by atoms with van der Waals surface area (Å²) in [6.07, 6.45) is 5.53. The lowest BCUT2D eigenvalue weighted by molar-refractivity contribution is -0.136. The molecule has 0 radical (unpaired) electrons. The van der Waals surface area contributed by atoms with Crippen molar-refractivity contribution in [2.75, 3.05) is 0 Å². The monoisotopic (exact) mass is 484 g/mol. The van der Waals surface area contributed by atoms with E-state index in [1.54, 1.807) is 10.9 Å². The van der Waals surface area contributed by atoms with Crippen molar-refractivity contribution in [3.8, 4) is 0 Å². The zero-order valence-electron chi connectivity index (χ0n) is 20.8. The Kier molecular flexibility index (Phi) is 6.64. The van der Waals surface area contributed by atoms with Crippen LogP contribution in [0.2, 0.25) is 0 Å². The van der Waals surface area contributed by atoms with Crippen LogP contribution in [0, 0.1) is 0 Å². The van der Waals surface area contributed by atoms with Crippen LogP contribution >= 0.6 is 0 Å². The number of nitrogens with one attached hydrogen (secondary N) is 1. The summed E-state index contributed by atoms with van der Waals surface area (Å²) in [5, 5.41) is 3.67. The molecule has 188 valence electrons. The van der Waals surface area contributed by atoms with Gasteiger partial charge in [0.25, 0.3) is 0 Å². The Morgan fingerprint density at radius 3 is 2.54 bits per heavy atom. The molecule has 1 saturated heterocycles.